The van der Waals surface area contributed by atoms with Gasteiger partial charge in [0.1, 0.15) is 0 Å². The van der Waals surface area contributed by atoms with E-state index in [-0.39, 0.29) is 17.1 Å². The van der Waals surface area contributed by atoms with E-state index in [1.54, 1.807) is 0 Å². The van der Waals surface area contributed by atoms with Gasteiger partial charge in [0.15, 0.2) is 11.6 Å². The van der Waals surface area contributed by atoms with Gasteiger partial charge in [0.2, 0.25) is 0 Å². The van der Waals surface area contributed by atoms with E-state index in [9.17, 15) is 9.59 Å². The van der Waals surface area contributed by atoms with Gasteiger partial charge in [-0.3, -0.25) is 9.59 Å². The van der Waals surface area contributed by atoms with Gasteiger partial charge in [0.05, 0.1) is 5.57 Å². The summed E-state index contributed by atoms with van der Waals surface area (Å²) in [6.07, 6.45) is 1.44. The van der Waals surface area contributed by atoms with Crippen molar-refractivity contribution in [1.82, 2.24) is 0 Å². The molecular weight excluding hydrogens is 190 g/mol. The summed E-state index contributed by atoms with van der Waals surface area (Å²) in [6, 6.07) is 9.35. The summed E-state index contributed by atoms with van der Waals surface area (Å²) >= 11 is 0. The van der Waals surface area contributed by atoms with E-state index in [0.29, 0.717) is 0 Å². The molecular formula is C12H13NO2. The molecule has 0 aliphatic carbocycles. The highest BCUT2D eigenvalue weighted by Gasteiger charge is 2.08. The largest absolute Gasteiger partial charge is 0.361 e. The molecule has 0 aliphatic rings. The van der Waals surface area contributed by atoms with Crippen molar-refractivity contribution in [2.45, 2.75) is 13.8 Å². The molecule has 0 spiro atoms. The number of carbonyl (C=O) groups is 2. The molecule has 1 rings (SSSR count). The highest BCUT2D eigenvalue weighted by molar-refractivity contribution is 6.18. The van der Waals surface area contributed by atoms with Gasteiger partial charge in [-0.2, -0.15) is 0 Å². The van der Waals surface area contributed by atoms with Crippen LogP contribution < -0.4 is 5.32 Å². The number of Topliss-reactive ketones (excluding diaryl/α,β-unsaturated/α-hetero) is 2. The molecule has 0 radical (unpaired) electrons. The van der Waals surface area contributed by atoms with Gasteiger partial charge >= 0.3 is 0 Å². The summed E-state index contributed by atoms with van der Waals surface area (Å²) in [5.74, 6) is -0.461. The van der Waals surface area contributed by atoms with E-state index in [1.807, 2.05) is 30.3 Å². The summed E-state index contributed by atoms with van der Waals surface area (Å²) in [7, 11) is 0. The number of anilines is 1. The fourth-order valence-corrected chi connectivity index (χ4v) is 1.14. The Morgan fingerprint density at radius 1 is 1.07 bits per heavy atom. The summed E-state index contributed by atoms with van der Waals surface area (Å²) in [5.41, 5.74) is 1.02. The topological polar surface area (TPSA) is 46.2 Å². The zero-order valence-electron chi connectivity index (χ0n) is 8.78. The van der Waals surface area contributed by atoms with Crippen LogP contribution in [0, 0.1) is 0 Å². The van der Waals surface area contributed by atoms with Gasteiger partial charge in [0.25, 0.3) is 0 Å². The number of benzene rings is 1. The van der Waals surface area contributed by atoms with Crippen LogP contribution in [0.3, 0.4) is 0 Å². The quantitative estimate of drug-likeness (QED) is 0.463. The fraction of sp³-hybridized carbons (Fsp3) is 0.167. The van der Waals surface area contributed by atoms with Gasteiger partial charge < -0.3 is 5.32 Å². The Balaban J connectivity index is 2.79. The SMILES string of the molecule is CC(=O)C(=CNc1ccccc1)C(C)=O. The first-order valence-electron chi connectivity index (χ1n) is 4.65. The molecule has 0 bridgehead atoms. The molecule has 0 aromatic heterocycles. The first kappa shape index (κ1) is 11.2. The van der Waals surface area contributed by atoms with Crippen LogP contribution in [0.25, 0.3) is 0 Å². The molecule has 3 nitrogen and oxygen atoms in total. The van der Waals surface area contributed by atoms with Crippen LogP contribution in [0.5, 0.6) is 0 Å². The van der Waals surface area contributed by atoms with Crippen molar-refractivity contribution < 1.29 is 9.59 Å². The Hall–Kier alpha value is -1.90. The maximum absolute atomic E-state index is 11.1. The lowest BCUT2D eigenvalue weighted by Gasteiger charge is -2.02. The van der Waals surface area contributed by atoms with Crippen molar-refractivity contribution in [3.63, 3.8) is 0 Å². The number of ketones is 2. The molecule has 0 amide bonds. The zero-order valence-corrected chi connectivity index (χ0v) is 8.78. The van der Waals surface area contributed by atoms with E-state index < -0.39 is 0 Å². The lowest BCUT2D eigenvalue weighted by Crippen LogP contribution is -2.08. The molecule has 1 aromatic rings. The van der Waals surface area contributed by atoms with Crippen molar-refractivity contribution in [2.75, 3.05) is 5.32 Å². The Bertz CT molecular complexity index is 377. The zero-order chi connectivity index (χ0) is 11.3. The molecule has 0 unspecified atom stereocenters. The lowest BCUT2D eigenvalue weighted by atomic mass is 10.1. The molecule has 1 aromatic carbocycles. The van der Waals surface area contributed by atoms with E-state index in [2.05, 4.69) is 5.32 Å². The van der Waals surface area contributed by atoms with Crippen molar-refractivity contribution in [3.8, 4) is 0 Å². The monoisotopic (exact) mass is 203 g/mol. The molecule has 78 valence electrons. The summed E-state index contributed by atoms with van der Waals surface area (Å²) < 4.78 is 0. The van der Waals surface area contributed by atoms with Gasteiger partial charge in [-0.05, 0) is 26.0 Å². The van der Waals surface area contributed by atoms with Crippen molar-refractivity contribution in [3.05, 3.63) is 42.1 Å². The second-order valence-electron chi connectivity index (χ2n) is 3.18. The fourth-order valence-electron chi connectivity index (χ4n) is 1.14. The molecule has 0 aliphatic heterocycles. The number of hydrogen-bond acceptors (Lipinski definition) is 3. The van der Waals surface area contributed by atoms with Gasteiger partial charge in [-0.1, -0.05) is 18.2 Å². The molecule has 15 heavy (non-hydrogen) atoms. The summed E-state index contributed by atoms with van der Waals surface area (Å²) in [5, 5.41) is 2.90. The average Bonchev–Trinajstić information content (AvgIpc) is 2.18. The van der Waals surface area contributed by atoms with Crippen LogP contribution in [-0.2, 0) is 9.59 Å². The highest BCUT2D eigenvalue weighted by Crippen LogP contribution is 2.06. The lowest BCUT2D eigenvalue weighted by molar-refractivity contribution is -0.119. The van der Waals surface area contributed by atoms with E-state index >= 15 is 0 Å². The van der Waals surface area contributed by atoms with Crippen LogP contribution in [0.1, 0.15) is 13.8 Å². The number of hydrogen-bond donors (Lipinski definition) is 1. The Labute approximate surface area is 88.8 Å². The molecule has 0 fully saturated rings. The maximum Gasteiger partial charge on any atom is 0.164 e. The number of carbonyl (C=O) groups excluding carboxylic acids is 2. The molecule has 3 heteroatoms. The standard InChI is InChI=1S/C12H13NO2/c1-9(14)12(10(2)15)8-13-11-6-4-3-5-7-11/h3-8,13H,1-2H3. The third kappa shape index (κ3) is 3.38. The Morgan fingerprint density at radius 2 is 1.60 bits per heavy atom. The molecule has 0 atom stereocenters. The first-order valence-corrected chi connectivity index (χ1v) is 4.65. The molecule has 1 N–H and O–H groups in total. The summed E-state index contributed by atoms with van der Waals surface area (Å²) in [4.78, 5) is 22.2. The van der Waals surface area contributed by atoms with Crippen LogP contribution in [0.2, 0.25) is 0 Å². The Kier molecular flexibility index (Phi) is 3.80. The molecule has 0 heterocycles. The minimum absolute atomic E-state index is 0.179. The predicted octanol–water partition coefficient (Wildman–Crippen LogP) is 2.16. The van der Waals surface area contributed by atoms with Crippen molar-refractivity contribution >= 4 is 17.3 Å². The van der Waals surface area contributed by atoms with Gasteiger partial charge in [-0.25, -0.2) is 0 Å². The van der Waals surface area contributed by atoms with Crippen molar-refractivity contribution in [1.29, 1.82) is 0 Å². The third-order valence-corrected chi connectivity index (χ3v) is 1.92. The first-order chi connectivity index (χ1) is 7.11. The number of para-hydroxylation sites is 1. The maximum atomic E-state index is 11.1. The Morgan fingerprint density at radius 3 is 2.07 bits per heavy atom. The minimum atomic E-state index is -0.231. The van der Waals surface area contributed by atoms with E-state index in [0.717, 1.165) is 5.69 Å². The minimum Gasteiger partial charge on any atom is -0.361 e. The second-order valence-corrected chi connectivity index (χ2v) is 3.18. The molecule has 0 saturated carbocycles. The van der Waals surface area contributed by atoms with E-state index in [4.69, 9.17) is 0 Å². The van der Waals surface area contributed by atoms with Crippen LogP contribution >= 0.6 is 0 Å². The van der Waals surface area contributed by atoms with Crippen LogP contribution in [0.15, 0.2) is 42.1 Å². The van der Waals surface area contributed by atoms with E-state index in [1.165, 1.54) is 20.0 Å². The molecule has 0 saturated heterocycles. The number of allylic oxidation sites excluding steroid dienone is 1. The second kappa shape index (κ2) is 5.10. The smallest absolute Gasteiger partial charge is 0.164 e. The number of nitrogens with one attached hydrogen (secondary N) is 1. The average molecular weight is 203 g/mol. The van der Waals surface area contributed by atoms with Gasteiger partial charge in [-0.15, -0.1) is 0 Å². The highest BCUT2D eigenvalue weighted by atomic mass is 16.1. The summed E-state index contributed by atoms with van der Waals surface area (Å²) in [6.45, 7) is 2.75. The third-order valence-electron chi connectivity index (χ3n) is 1.92. The predicted molar refractivity (Wildman–Crippen MR) is 59.5 cm³/mol. The van der Waals surface area contributed by atoms with Crippen LogP contribution in [0.4, 0.5) is 5.69 Å². The normalized spacial score (nSPS) is 9.20. The van der Waals surface area contributed by atoms with Gasteiger partial charge in [0, 0.05) is 11.9 Å². The van der Waals surface area contributed by atoms with Crippen LogP contribution in [-0.4, -0.2) is 11.6 Å². The van der Waals surface area contributed by atoms with Crippen molar-refractivity contribution in [2.24, 2.45) is 0 Å². The number of rotatable bonds is 4.